The summed E-state index contributed by atoms with van der Waals surface area (Å²) in [6, 6.07) is 16.1. The lowest BCUT2D eigenvalue weighted by molar-refractivity contribution is -0.120. The Labute approximate surface area is 156 Å². The maximum atomic E-state index is 11.9. The van der Waals surface area contributed by atoms with E-state index >= 15 is 0 Å². The molecule has 140 valence electrons. The number of phenols is 1. The number of carbonyl (C=O) groups excluding carboxylic acids is 2. The van der Waals surface area contributed by atoms with Crippen molar-refractivity contribution in [2.45, 2.75) is 6.04 Å². The topological polar surface area (TPSA) is 115 Å². The average Bonchev–Trinajstić information content (AvgIpc) is 3.16. The summed E-state index contributed by atoms with van der Waals surface area (Å²) in [5.74, 6) is -1.05. The highest BCUT2D eigenvalue weighted by Gasteiger charge is 2.26. The molecule has 2 atom stereocenters. The van der Waals surface area contributed by atoms with Gasteiger partial charge in [0.1, 0.15) is 5.75 Å². The molecule has 1 aliphatic heterocycles. The highest BCUT2D eigenvalue weighted by Crippen LogP contribution is 2.23. The highest BCUT2D eigenvalue weighted by molar-refractivity contribution is 5.98. The molecule has 1 fully saturated rings. The fraction of sp³-hybridized carbons (Fsp3) is 0.211. The maximum Gasteiger partial charge on any atom is 0.259 e. The third-order valence-electron chi connectivity index (χ3n) is 4.20. The Hall–Kier alpha value is -3.23. The van der Waals surface area contributed by atoms with Crippen LogP contribution in [0.5, 0.6) is 5.75 Å². The van der Waals surface area contributed by atoms with E-state index in [1.54, 1.807) is 18.3 Å². The molecule has 0 aliphatic carbocycles. The Bertz CT molecular complexity index is 825. The van der Waals surface area contributed by atoms with E-state index in [0.29, 0.717) is 6.54 Å². The van der Waals surface area contributed by atoms with Crippen LogP contribution in [0.25, 0.3) is 0 Å². The van der Waals surface area contributed by atoms with Crippen LogP contribution in [0.15, 0.2) is 59.7 Å². The van der Waals surface area contributed by atoms with Crippen molar-refractivity contribution >= 4 is 18.0 Å². The van der Waals surface area contributed by atoms with E-state index in [4.69, 9.17) is 0 Å². The number of hydrazone groups is 1. The molecule has 2 amide bonds. The van der Waals surface area contributed by atoms with Crippen LogP contribution in [0, 0.1) is 5.92 Å². The van der Waals surface area contributed by atoms with Crippen molar-refractivity contribution in [1.82, 2.24) is 21.6 Å². The molecule has 0 saturated carbocycles. The number of hydrazine groups is 1. The fourth-order valence-electron chi connectivity index (χ4n) is 2.81. The summed E-state index contributed by atoms with van der Waals surface area (Å²) in [5.41, 5.74) is 9.92. The van der Waals surface area contributed by atoms with Gasteiger partial charge >= 0.3 is 0 Å². The van der Waals surface area contributed by atoms with E-state index in [0.717, 1.165) is 5.56 Å². The smallest absolute Gasteiger partial charge is 0.259 e. The summed E-state index contributed by atoms with van der Waals surface area (Å²) in [6.45, 7) is 0.441. The predicted octanol–water partition coefficient (Wildman–Crippen LogP) is 0.689. The summed E-state index contributed by atoms with van der Waals surface area (Å²) in [4.78, 5) is 23.8. The van der Waals surface area contributed by atoms with E-state index < -0.39 is 11.8 Å². The number of phenolic OH excluding ortho intramolecular Hbond substituents is 1. The molecule has 3 rings (SSSR count). The van der Waals surface area contributed by atoms with Gasteiger partial charge in [-0.1, -0.05) is 42.5 Å². The van der Waals surface area contributed by atoms with E-state index in [1.165, 1.54) is 12.1 Å². The van der Waals surface area contributed by atoms with Crippen molar-refractivity contribution in [1.29, 1.82) is 0 Å². The zero-order chi connectivity index (χ0) is 19.1. The largest absolute Gasteiger partial charge is 0.507 e. The molecular formula is C19H21N5O3. The molecule has 27 heavy (non-hydrogen) atoms. The van der Waals surface area contributed by atoms with Crippen LogP contribution in [0.3, 0.4) is 0 Å². The number of hydrogen-bond donors (Lipinski definition) is 5. The standard InChI is InChI=1S/C19H21N5O3/c25-16-9-5-4-8-15(16)19(27)20-12-17(26)23-21-10-14-11-22-24-18(14)13-6-2-1-3-7-13/h1-10,14,18,22,24-25H,11-12H2,(H,20,27)(H,23,26)/b21-10+. The van der Waals surface area contributed by atoms with E-state index in [1.807, 2.05) is 30.3 Å². The summed E-state index contributed by atoms with van der Waals surface area (Å²) in [6.07, 6.45) is 1.67. The van der Waals surface area contributed by atoms with Crippen molar-refractivity contribution in [2.24, 2.45) is 11.0 Å². The van der Waals surface area contributed by atoms with Crippen molar-refractivity contribution in [3.8, 4) is 5.75 Å². The highest BCUT2D eigenvalue weighted by atomic mass is 16.3. The van der Waals surface area contributed by atoms with Gasteiger partial charge < -0.3 is 10.4 Å². The number of nitrogens with one attached hydrogen (secondary N) is 4. The van der Waals surface area contributed by atoms with E-state index in [2.05, 4.69) is 26.7 Å². The second-order valence-corrected chi connectivity index (χ2v) is 6.09. The summed E-state index contributed by atoms with van der Waals surface area (Å²) >= 11 is 0. The van der Waals surface area contributed by atoms with Gasteiger partial charge in [-0.15, -0.1) is 0 Å². The van der Waals surface area contributed by atoms with Crippen LogP contribution in [0.4, 0.5) is 0 Å². The Morgan fingerprint density at radius 2 is 1.89 bits per heavy atom. The van der Waals surface area contributed by atoms with Crippen LogP contribution in [-0.4, -0.2) is 36.2 Å². The number of benzene rings is 2. The molecule has 5 N–H and O–H groups in total. The molecular weight excluding hydrogens is 346 g/mol. The minimum Gasteiger partial charge on any atom is -0.507 e. The van der Waals surface area contributed by atoms with Crippen LogP contribution in [-0.2, 0) is 4.79 Å². The first-order valence-corrected chi connectivity index (χ1v) is 8.56. The van der Waals surface area contributed by atoms with Crippen LogP contribution in [0.2, 0.25) is 0 Å². The lowest BCUT2D eigenvalue weighted by Gasteiger charge is -2.14. The summed E-state index contributed by atoms with van der Waals surface area (Å²) < 4.78 is 0. The molecule has 0 aromatic heterocycles. The van der Waals surface area contributed by atoms with E-state index in [-0.39, 0.29) is 29.8 Å². The van der Waals surface area contributed by atoms with Gasteiger partial charge in [-0.3, -0.25) is 15.0 Å². The Balaban J connectivity index is 1.47. The van der Waals surface area contributed by atoms with Gasteiger partial charge in [0.25, 0.3) is 11.8 Å². The molecule has 0 spiro atoms. The van der Waals surface area contributed by atoms with Gasteiger partial charge in [0.15, 0.2) is 0 Å². The summed E-state index contributed by atoms with van der Waals surface area (Å²) in [7, 11) is 0. The van der Waals surface area contributed by atoms with Gasteiger partial charge in [-0.25, -0.2) is 10.9 Å². The Morgan fingerprint density at radius 1 is 1.15 bits per heavy atom. The molecule has 0 radical (unpaired) electrons. The molecule has 2 aromatic carbocycles. The van der Waals surface area contributed by atoms with Crippen LogP contribution in [0.1, 0.15) is 22.0 Å². The third kappa shape index (κ3) is 4.90. The van der Waals surface area contributed by atoms with Gasteiger partial charge in [0.2, 0.25) is 0 Å². The number of rotatable bonds is 6. The quantitative estimate of drug-likeness (QED) is 0.381. The molecule has 2 aromatic rings. The zero-order valence-electron chi connectivity index (χ0n) is 14.6. The molecule has 8 nitrogen and oxygen atoms in total. The number of para-hydroxylation sites is 1. The lowest BCUT2D eigenvalue weighted by atomic mass is 9.96. The fourth-order valence-corrected chi connectivity index (χ4v) is 2.81. The molecule has 8 heteroatoms. The first-order valence-electron chi connectivity index (χ1n) is 8.56. The van der Waals surface area contributed by atoms with E-state index in [9.17, 15) is 14.7 Å². The predicted molar refractivity (Wildman–Crippen MR) is 101 cm³/mol. The van der Waals surface area contributed by atoms with Gasteiger partial charge in [-0.2, -0.15) is 5.10 Å². The number of nitrogens with zero attached hydrogens (tertiary/aromatic N) is 1. The SMILES string of the molecule is O=C(CNC(=O)c1ccccc1O)N/N=C/C1CNNC1c1ccccc1. The minimum atomic E-state index is -0.527. The molecule has 1 aliphatic rings. The van der Waals surface area contributed by atoms with Gasteiger partial charge in [0, 0.05) is 18.7 Å². The zero-order valence-corrected chi connectivity index (χ0v) is 14.6. The molecule has 2 unspecified atom stereocenters. The first-order chi connectivity index (χ1) is 13.1. The van der Waals surface area contributed by atoms with Crippen molar-refractivity contribution in [3.63, 3.8) is 0 Å². The Kier molecular flexibility index (Phi) is 6.14. The summed E-state index contributed by atoms with van der Waals surface area (Å²) in [5, 5.41) is 16.1. The average molecular weight is 367 g/mol. The lowest BCUT2D eigenvalue weighted by Crippen LogP contribution is -2.35. The number of hydrogen-bond acceptors (Lipinski definition) is 6. The second kappa shape index (κ2) is 8.93. The van der Waals surface area contributed by atoms with Crippen molar-refractivity contribution < 1.29 is 14.7 Å². The van der Waals surface area contributed by atoms with Crippen LogP contribution < -0.4 is 21.6 Å². The third-order valence-corrected chi connectivity index (χ3v) is 4.20. The van der Waals surface area contributed by atoms with Gasteiger partial charge in [-0.05, 0) is 17.7 Å². The molecule has 1 heterocycles. The minimum absolute atomic E-state index is 0.0626. The second-order valence-electron chi connectivity index (χ2n) is 6.09. The van der Waals surface area contributed by atoms with Crippen molar-refractivity contribution in [2.75, 3.05) is 13.1 Å². The molecule has 1 saturated heterocycles. The first kappa shape index (κ1) is 18.6. The monoisotopic (exact) mass is 367 g/mol. The maximum absolute atomic E-state index is 11.9. The van der Waals surface area contributed by atoms with Gasteiger partial charge in [0.05, 0.1) is 18.2 Å². The number of aromatic hydroxyl groups is 1. The molecule has 0 bridgehead atoms. The number of amides is 2. The number of carbonyl (C=O) groups is 2. The normalized spacial score (nSPS) is 19.1. The van der Waals surface area contributed by atoms with Crippen molar-refractivity contribution in [3.05, 3.63) is 65.7 Å². The Morgan fingerprint density at radius 3 is 2.67 bits per heavy atom. The van der Waals surface area contributed by atoms with Crippen LogP contribution >= 0.6 is 0 Å².